The maximum Gasteiger partial charge on any atom is 0.170 e. The van der Waals surface area contributed by atoms with Crippen LogP contribution in [0.2, 0.25) is 0 Å². The summed E-state index contributed by atoms with van der Waals surface area (Å²) in [4.78, 5) is 15.6. The lowest BCUT2D eigenvalue weighted by Gasteiger charge is -2.34. The Morgan fingerprint density at radius 1 is 1.05 bits per heavy atom. The minimum atomic E-state index is 0.456. The first-order valence-electron chi connectivity index (χ1n) is 6.68. The van der Waals surface area contributed by atoms with Gasteiger partial charge in [0, 0.05) is 31.9 Å². The van der Waals surface area contributed by atoms with Crippen molar-refractivity contribution in [3.05, 3.63) is 36.2 Å². The van der Waals surface area contributed by atoms with Gasteiger partial charge in [-0.15, -0.1) is 5.10 Å². The van der Waals surface area contributed by atoms with Gasteiger partial charge in [-0.1, -0.05) is 5.21 Å². The number of piperazine rings is 1. The molecule has 1 aliphatic heterocycles. The number of carbonyl (C=O) groups excluding carboxylic acids is 1. The highest BCUT2D eigenvalue weighted by Gasteiger charge is 2.14. The molecule has 1 aromatic carbocycles. The molecule has 3 rings (SSSR count). The monoisotopic (exact) mass is 271 g/mol. The summed E-state index contributed by atoms with van der Waals surface area (Å²) < 4.78 is 1.54. The van der Waals surface area contributed by atoms with Crippen LogP contribution in [-0.2, 0) is 0 Å². The third kappa shape index (κ3) is 2.42. The molecule has 0 aliphatic carbocycles. The fourth-order valence-electron chi connectivity index (χ4n) is 2.39. The molecule has 20 heavy (non-hydrogen) atoms. The van der Waals surface area contributed by atoms with Crippen LogP contribution in [-0.4, -0.2) is 59.4 Å². The molecule has 1 aliphatic rings. The quantitative estimate of drug-likeness (QED) is 0.774. The van der Waals surface area contributed by atoms with Crippen molar-refractivity contribution in [3.63, 3.8) is 0 Å². The van der Waals surface area contributed by atoms with Crippen molar-refractivity contribution in [3.8, 4) is 5.69 Å². The molecule has 0 saturated carbocycles. The van der Waals surface area contributed by atoms with Crippen LogP contribution in [0.15, 0.2) is 30.5 Å². The van der Waals surface area contributed by atoms with E-state index in [1.165, 1.54) is 11.9 Å². The van der Waals surface area contributed by atoms with Gasteiger partial charge < -0.3 is 9.80 Å². The smallest absolute Gasteiger partial charge is 0.170 e. The minimum absolute atomic E-state index is 0.456. The summed E-state index contributed by atoms with van der Waals surface area (Å²) in [6.07, 6.45) is 2.22. The van der Waals surface area contributed by atoms with Gasteiger partial charge in [0.15, 0.2) is 6.29 Å². The topological polar surface area (TPSA) is 54.3 Å². The van der Waals surface area contributed by atoms with Crippen molar-refractivity contribution in [1.29, 1.82) is 0 Å². The average molecular weight is 271 g/mol. The highest BCUT2D eigenvalue weighted by molar-refractivity contribution is 5.72. The number of rotatable bonds is 3. The van der Waals surface area contributed by atoms with Crippen LogP contribution in [0.1, 0.15) is 10.5 Å². The van der Waals surface area contributed by atoms with Gasteiger partial charge in [-0.3, -0.25) is 4.79 Å². The number of hydrogen-bond donors (Lipinski definition) is 0. The van der Waals surface area contributed by atoms with Crippen LogP contribution in [0.3, 0.4) is 0 Å². The lowest BCUT2D eigenvalue weighted by molar-refractivity contribution is 0.111. The number of aldehydes is 1. The van der Waals surface area contributed by atoms with Gasteiger partial charge in [0.25, 0.3) is 0 Å². The van der Waals surface area contributed by atoms with Crippen molar-refractivity contribution in [2.45, 2.75) is 0 Å². The van der Waals surface area contributed by atoms with Crippen LogP contribution in [0.5, 0.6) is 0 Å². The lowest BCUT2D eigenvalue weighted by atomic mass is 10.2. The zero-order valence-corrected chi connectivity index (χ0v) is 11.4. The molecule has 0 N–H and O–H groups in total. The first kappa shape index (κ1) is 12.8. The van der Waals surface area contributed by atoms with Crippen molar-refractivity contribution in [2.24, 2.45) is 0 Å². The zero-order chi connectivity index (χ0) is 13.9. The Kier molecular flexibility index (Phi) is 3.47. The molecular formula is C14H17N5O. The number of likely N-dealkylation sites (N-methyl/N-ethyl adjacent to an activating group) is 1. The standard InChI is InChI=1S/C14H17N5O/c1-17-6-8-18(9-7-17)12-2-4-13(5-3-12)19-14(11-20)10-15-16-19/h2-5,10-11H,6-9H2,1H3. The number of anilines is 1. The second-order valence-electron chi connectivity index (χ2n) is 5.00. The molecule has 1 saturated heterocycles. The van der Waals surface area contributed by atoms with Crippen LogP contribution in [0, 0.1) is 0 Å². The molecule has 2 heterocycles. The second kappa shape index (κ2) is 5.42. The summed E-state index contributed by atoms with van der Waals surface area (Å²) in [6.45, 7) is 4.25. The number of nitrogens with zero attached hydrogens (tertiary/aromatic N) is 5. The van der Waals surface area contributed by atoms with E-state index < -0.39 is 0 Å². The van der Waals surface area contributed by atoms with Crippen molar-refractivity contribution in [1.82, 2.24) is 19.9 Å². The lowest BCUT2D eigenvalue weighted by Crippen LogP contribution is -2.44. The van der Waals surface area contributed by atoms with Gasteiger partial charge in [0.2, 0.25) is 0 Å². The average Bonchev–Trinajstić information content (AvgIpc) is 2.97. The molecule has 0 amide bonds. The Morgan fingerprint density at radius 2 is 1.70 bits per heavy atom. The molecule has 0 bridgehead atoms. The van der Waals surface area contributed by atoms with Gasteiger partial charge in [-0.05, 0) is 31.3 Å². The Hall–Kier alpha value is -2.21. The van der Waals surface area contributed by atoms with Crippen molar-refractivity contribution in [2.75, 3.05) is 38.1 Å². The largest absolute Gasteiger partial charge is 0.369 e. The Morgan fingerprint density at radius 3 is 2.35 bits per heavy atom. The van der Waals surface area contributed by atoms with E-state index in [1.807, 2.05) is 12.1 Å². The van der Waals surface area contributed by atoms with Gasteiger partial charge in [-0.2, -0.15) is 0 Å². The number of aromatic nitrogens is 3. The third-order valence-corrected chi connectivity index (χ3v) is 3.66. The minimum Gasteiger partial charge on any atom is -0.369 e. The summed E-state index contributed by atoms with van der Waals surface area (Å²) in [5.74, 6) is 0. The zero-order valence-electron chi connectivity index (χ0n) is 11.4. The van der Waals surface area contributed by atoms with Gasteiger partial charge in [-0.25, -0.2) is 4.68 Å². The SMILES string of the molecule is CN1CCN(c2ccc(-n3nncc3C=O)cc2)CC1. The predicted molar refractivity (Wildman–Crippen MR) is 76.5 cm³/mol. The molecule has 0 unspecified atom stereocenters. The highest BCUT2D eigenvalue weighted by atomic mass is 16.1. The Bertz CT molecular complexity index is 584. The van der Waals surface area contributed by atoms with E-state index in [0.717, 1.165) is 38.2 Å². The fourth-order valence-corrected chi connectivity index (χ4v) is 2.39. The summed E-state index contributed by atoms with van der Waals surface area (Å²) >= 11 is 0. The maximum absolute atomic E-state index is 10.9. The third-order valence-electron chi connectivity index (χ3n) is 3.66. The predicted octanol–water partition coefficient (Wildman–Crippen LogP) is 0.832. The fraction of sp³-hybridized carbons (Fsp3) is 0.357. The van der Waals surface area contributed by atoms with E-state index in [-0.39, 0.29) is 0 Å². The molecule has 2 aromatic rings. The van der Waals surface area contributed by atoms with Crippen LogP contribution in [0.25, 0.3) is 5.69 Å². The second-order valence-corrected chi connectivity index (χ2v) is 5.00. The Balaban J connectivity index is 1.79. The summed E-state index contributed by atoms with van der Waals surface area (Å²) in [5, 5.41) is 7.68. The summed E-state index contributed by atoms with van der Waals surface area (Å²) in [6, 6.07) is 8.07. The molecular weight excluding hydrogens is 254 g/mol. The summed E-state index contributed by atoms with van der Waals surface area (Å²) in [5.41, 5.74) is 2.51. The van der Waals surface area contributed by atoms with E-state index in [2.05, 4.69) is 39.3 Å². The van der Waals surface area contributed by atoms with E-state index in [9.17, 15) is 4.79 Å². The molecule has 1 aromatic heterocycles. The highest BCUT2D eigenvalue weighted by Crippen LogP contribution is 2.19. The van der Waals surface area contributed by atoms with Crippen LogP contribution < -0.4 is 4.90 Å². The van der Waals surface area contributed by atoms with Crippen molar-refractivity contribution < 1.29 is 4.79 Å². The van der Waals surface area contributed by atoms with E-state index in [0.29, 0.717) is 5.69 Å². The molecule has 0 atom stereocenters. The number of carbonyl (C=O) groups is 1. The van der Waals surface area contributed by atoms with E-state index >= 15 is 0 Å². The first-order valence-corrected chi connectivity index (χ1v) is 6.68. The molecule has 104 valence electrons. The molecule has 6 nitrogen and oxygen atoms in total. The van der Waals surface area contributed by atoms with Crippen molar-refractivity contribution >= 4 is 12.0 Å². The number of benzene rings is 1. The van der Waals surface area contributed by atoms with Gasteiger partial charge >= 0.3 is 0 Å². The Labute approximate surface area is 117 Å². The van der Waals surface area contributed by atoms with E-state index in [1.54, 1.807) is 4.68 Å². The first-order chi connectivity index (χ1) is 9.78. The van der Waals surface area contributed by atoms with Gasteiger partial charge in [0.05, 0.1) is 11.9 Å². The molecule has 6 heteroatoms. The normalized spacial score (nSPS) is 16.4. The van der Waals surface area contributed by atoms with Crippen LogP contribution in [0.4, 0.5) is 5.69 Å². The maximum atomic E-state index is 10.9. The molecule has 0 radical (unpaired) electrons. The molecule has 1 fully saturated rings. The molecule has 0 spiro atoms. The summed E-state index contributed by atoms with van der Waals surface area (Å²) in [7, 11) is 2.14. The van der Waals surface area contributed by atoms with Crippen LogP contribution >= 0.6 is 0 Å². The van der Waals surface area contributed by atoms with Gasteiger partial charge in [0.1, 0.15) is 5.69 Å². The van der Waals surface area contributed by atoms with E-state index in [4.69, 9.17) is 0 Å². The number of hydrogen-bond acceptors (Lipinski definition) is 5.